The summed E-state index contributed by atoms with van der Waals surface area (Å²) in [5.74, 6) is 0. The SMILES string of the molecule is FC(F)(F)c1ccc(Sc2ccccc2)cc1I. The van der Waals surface area contributed by atoms with Crippen LogP contribution >= 0.6 is 34.4 Å². The third-order valence-electron chi connectivity index (χ3n) is 2.22. The van der Waals surface area contributed by atoms with Gasteiger partial charge in [-0.25, -0.2) is 0 Å². The average Bonchev–Trinajstić information content (AvgIpc) is 2.28. The lowest BCUT2D eigenvalue weighted by molar-refractivity contribution is -0.138. The summed E-state index contributed by atoms with van der Waals surface area (Å²) < 4.78 is 38.0. The summed E-state index contributed by atoms with van der Waals surface area (Å²) in [6.07, 6.45) is -4.29. The maximum absolute atomic E-state index is 12.6. The van der Waals surface area contributed by atoms with E-state index in [2.05, 4.69) is 0 Å². The Morgan fingerprint density at radius 2 is 1.56 bits per heavy atom. The van der Waals surface area contributed by atoms with Crippen LogP contribution in [0.1, 0.15) is 5.56 Å². The maximum atomic E-state index is 12.6. The van der Waals surface area contributed by atoms with Crippen molar-refractivity contribution in [2.24, 2.45) is 0 Å². The number of halogens is 4. The van der Waals surface area contributed by atoms with Crippen LogP contribution in [0.25, 0.3) is 0 Å². The van der Waals surface area contributed by atoms with Crippen molar-refractivity contribution in [3.63, 3.8) is 0 Å². The fourth-order valence-electron chi connectivity index (χ4n) is 1.41. The molecule has 2 aromatic carbocycles. The molecule has 0 spiro atoms. The molecule has 0 radical (unpaired) electrons. The monoisotopic (exact) mass is 380 g/mol. The van der Waals surface area contributed by atoms with Crippen molar-refractivity contribution in [2.75, 3.05) is 0 Å². The molecule has 0 saturated heterocycles. The molecule has 0 N–H and O–H groups in total. The molecule has 0 atom stereocenters. The topological polar surface area (TPSA) is 0 Å². The van der Waals surface area contributed by atoms with Gasteiger partial charge in [-0.2, -0.15) is 13.2 Å². The van der Waals surface area contributed by atoms with E-state index in [4.69, 9.17) is 0 Å². The van der Waals surface area contributed by atoms with Crippen LogP contribution in [0.4, 0.5) is 13.2 Å². The van der Waals surface area contributed by atoms with Gasteiger partial charge in [0.05, 0.1) is 5.56 Å². The molecule has 5 heteroatoms. The van der Waals surface area contributed by atoms with E-state index >= 15 is 0 Å². The lowest BCUT2D eigenvalue weighted by Gasteiger charge is -2.10. The summed E-state index contributed by atoms with van der Waals surface area (Å²) in [6, 6.07) is 13.7. The fraction of sp³-hybridized carbons (Fsp3) is 0.0769. The molecule has 0 saturated carbocycles. The molecule has 0 bridgehead atoms. The van der Waals surface area contributed by atoms with Gasteiger partial charge in [0.2, 0.25) is 0 Å². The van der Waals surface area contributed by atoms with E-state index in [1.54, 1.807) is 28.7 Å². The molecular weight excluding hydrogens is 372 g/mol. The summed E-state index contributed by atoms with van der Waals surface area (Å²) in [4.78, 5) is 1.81. The second kappa shape index (κ2) is 5.52. The van der Waals surface area contributed by atoms with E-state index in [0.717, 1.165) is 15.9 Å². The molecule has 0 unspecified atom stereocenters. The van der Waals surface area contributed by atoms with Gasteiger partial charge in [0.15, 0.2) is 0 Å². The van der Waals surface area contributed by atoms with Crippen LogP contribution < -0.4 is 0 Å². The Hall–Kier alpha value is -0.690. The van der Waals surface area contributed by atoms with Crippen molar-refractivity contribution < 1.29 is 13.2 Å². The van der Waals surface area contributed by atoms with Crippen molar-refractivity contribution in [1.82, 2.24) is 0 Å². The zero-order valence-electron chi connectivity index (χ0n) is 9.04. The highest BCUT2D eigenvalue weighted by Gasteiger charge is 2.32. The highest BCUT2D eigenvalue weighted by molar-refractivity contribution is 14.1. The third kappa shape index (κ3) is 3.41. The lowest BCUT2D eigenvalue weighted by atomic mass is 10.2. The zero-order chi connectivity index (χ0) is 13.2. The van der Waals surface area contributed by atoms with Crippen molar-refractivity contribution >= 4 is 34.4 Å². The van der Waals surface area contributed by atoms with E-state index in [-0.39, 0.29) is 3.57 Å². The highest BCUT2D eigenvalue weighted by atomic mass is 127. The number of hydrogen-bond donors (Lipinski definition) is 0. The van der Waals surface area contributed by atoms with Crippen molar-refractivity contribution in [3.8, 4) is 0 Å². The predicted octanol–water partition coefficient (Wildman–Crippen LogP) is 5.46. The van der Waals surface area contributed by atoms with Crippen LogP contribution in [0.3, 0.4) is 0 Å². The first-order valence-electron chi connectivity index (χ1n) is 5.06. The minimum Gasteiger partial charge on any atom is -0.166 e. The van der Waals surface area contributed by atoms with E-state index in [0.29, 0.717) is 0 Å². The maximum Gasteiger partial charge on any atom is 0.417 e. The third-order valence-corrected chi connectivity index (χ3v) is 4.11. The summed E-state index contributed by atoms with van der Waals surface area (Å²) in [5.41, 5.74) is -0.583. The Labute approximate surface area is 121 Å². The molecule has 0 aliphatic rings. The summed E-state index contributed by atoms with van der Waals surface area (Å²) in [7, 11) is 0. The Bertz CT molecular complexity index is 538. The summed E-state index contributed by atoms with van der Waals surface area (Å²) >= 11 is 3.17. The minimum atomic E-state index is -4.29. The van der Waals surface area contributed by atoms with Crippen LogP contribution in [-0.4, -0.2) is 0 Å². The van der Waals surface area contributed by atoms with Crippen LogP contribution in [-0.2, 0) is 6.18 Å². The van der Waals surface area contributed by atoms with E-state index in [1.807, 2.05) is 30.3 Å². The quantitative estimate of drug-likeness (QED) is 0.624. The van der Waals surface area contributed by atoms with Crippen LogP contribution in [0.2, 0.25) is 0 Å². The molecule has 94 valence electrons. The molecule has 0 nitrogen and oxygen atoms in total. The number of alkyl halides is 3. The molecule has 0 fully saturated rings. The second-order valence-electron chi connectivity index (χ2n) is 3.55. The number of benzene rings is 2. The highest BCUT2D eigenvalue weighted by Crippen LogP contribution is 2.36. The van der Waals surface area contributed by atoms with Gasteiger partial charge in [-0.15, -0.1) is 0 Å². The Morgan fingerprint density at radius 1 is 0.889 bits per heavy atom. The first-order valence-corrected chi connectivity index (χ1v) is 6.96. The molecule has 0 aliphatic heterocycles. The van der Waals surface area contributed by atoms with E-state index in [9.17, 15) is 13.2 Å². The first kappa shape index (κ1) is 13.7. The summed E-state index contributed by atoms with van der Waals surface area (Å²) in [5, 5.41) is 0. The van der Waals surface area contributed by atoms with Gasteiger partial charge < -0.3 is 0 Å². The van der Waals surface area contributed by atoms with Gasteiger partial charge in [-0.3, -0.25) is 0 Å². The molecular formula is C13H8F3IS. The molecule has 0 amide bonds. The Morgan fingerprint density at radius 3 is 2.11 bits per heavy atom. The Balaban J connectivity index is 2.25. The van der Waals surface area contributed by atoms with Gasteiger partial charge in [0.1, 0.15) is 0 Å². The minimum absolute atomic E-state index is 0.223. The average molecular weight is 380 g/mol. The molecule has 2 aromatic rings. The first-order chi connectivity index (χ1) is 8.47. The van der Waals surface area contributed by atoms with Gasteiger partial charge >= 0.3 is 6.18 Å². The van der Waals surface area contributed by atoms with Gasteiger partial charge in [-0.1, -0.05) is 30.0 Å². The lowest BCUT2D eigenvalue weighted by Crippen LogP contribution is -2.07. The number of rotatable bonds is 2. The van der Waals surface area contributed by atoms with Crippen molar-refractivity contribution in [1.29, 1.82) is 0 Å². The molecule has 18 heavy (non-hydrogen) atoms. The van der Waals surface area contributed by atoms with Crippen LogP contribution in [0.5, 0.6) is 0 Å². The standard InChI is InChI=1S/C13H8F3IS/c14-13(15,16)11-7-6-10(8-12(11)17)18-9-4-2-1-3-5-9/h1-8H. The normalized spacial score (nSPS) is 11.6. The fourth-order valence-corrected chi connectivity index (χ4v) is 3.32. The van der Waals surface area contributed by atoms with E-state index < -0.39 is 11.7 Å². The van der Waals surface area contributed by atoms with Crippen molar-refractivity contribution in [3.05, 3.63) is 57.7 Å². The molecule has 0 aliphatic carbocycles. The van der Waals surface area contributed by atoms with E-state index in [1.165, 1.54) is 17.8 Å². The largest absolute Gasteiger partial charge is 0.417 e. The predicted molar refractivity (Wildman–Crippen MR) is 74.7 cm³/mol. The smallest absolute Gasteiger partial charge is 0.166 e. The van der Waals surface area contributed by atoms with Crippen LogP contribution in [0, 0.1) is 3.57 Å². The van der Waals surface area contributed by atoms with Crippen molar-refractivity contribution in [2.45, 2.75) is 16.0 Å². The molecule has 2 rings (SSSR count). The number of hydrogen-bond acceptors (Lipinski definition) is 1. The molecule has 0 aromatic heterocycles. The second-order valence-corrected chi connectivity index (χ2v) is 5.86. The summed E-state index contributed by atoms with van der Waals surface area (Å²) in [6.45, 7) is 0. The zero-order valence-corrected chi connectivity index (χ0v) is 12.0. The Kier molecular flexibility index (Phi) is 4.21. The van der Waals surface area contributed by atoms with Gasteiger partial charge in [-0.05, 0) is 52.9 Å². The molecule has 0 heterocycles. The van der Waals surface area contributed by atoms with Gasteiger partial charge in [0.25, 0.3) is 0 Å². The van der Waals surface area contributed by atoms with Gasteiger partial charge in [0, 0.05) is 13.4 Å². The van der Waals surface area contributed by atoms with Crippen LogP contribution in [0.15, 0.2) is 58.3 Å².